The molecule has 2 N–H and O–H groups in total. The summed E-state index contributed by atoms with van der Waals surface area (Å²) in [7, 11) is -3.98. The first-order valence-electron chi connectivity index (χ1n) is 7.98. The lowest BCUT2D eigenvalue weighted by Crippen LogP contribution is -2.15. The molecule has 2 aromatic carbocycles. The van der Waals surface area contributed by atoms with Gasteiger partial charge in [-0.25, -0.2) is 8.42 Å². The number of aromatic nitrogens is 1. The molecule has 1 heterocycles. The fourth-order valence-corrected chi connectivity index (χ4v) is 4.31. The third kappa shape index (κ3) is 4.30. The van der Waals surface area contributed by atoms with Crippen molar-refractivity contribution in [2.75, 3.05) is 10.0 Å². The molecule has 0 atom stereocenters. The Morgan fingerprint density at radius 1 is 1.07 bits per heavy atom. The second-order valence-corrected chi connectivity index (χ2v) is 8.45. The van der Waals surface area contributed by atoms with E-state index in [9.17, 15) is 13.2 Å². The fraction of sp³-hybridized carbons (Fsp3) is 0.111. The van der Waals surface area contributed by atoms with Gasteiger partial charge in [0, 0.05) is 5.69 Å². The molecule has 0 spiro atoms. The smallest absolute Gasteiger partial charge is 0.263 e. The standard InChI is InChI=1S/C18H15Cl2N3O4S/c1-10-3-6-17(15(20)7-10)28(25,26)23-16-8-12(4-5-14(16)19)22-18(24)13-9-21-27-11(13)2/h3-9,23H,1-2H3,(H,22,24). The molecule has 0 saturated heterocycles. The number of aryl methyl sites for hydroxylation is 2. The third-order valence-corrected chi connectivity index (χ3v) is 6.02. The Morgan fingerprint density at radius 3 is 2.46 bits per heavy atom. The average Bonchev–Trinajstić information content (AvgIpc) is 3.03. The van der Waals surface area contributed by atoms with Gasteiger partial charge in [-0.3, -0.25) is 9.52 Å². The molecule has 0 aliphatic rings. The Balaban J connectivity index is 1.87. The van der Waals surface area contributed by atoms with Gasteiger partial charge in [-0.05, 0) is 49.7 Å². The van der Waals surface area contributed by atoms with Crippen molar-refractivity contribution < 1.29 is 17.7 Å². The molecule has 1 amide bonds. The van der Waals surface area contributed by atoms with Crippen molar-refractivity contribution in [1.82, 2.24) is 5.16 Å². The second-order valence-electron chi connectivity index (χ2n) is 5.98. The molecule has 0 aliphatic carbocycles. The summed E-state index contributed by atoms with van der Waals surface area (Å²) in [6, 6.07) is 9.01. The molecule has 0 fully saturated rings. The maximum Gasteiger partial charge on any atom is 0.263 e. The number of hydrogen-bond donors (Lipinski definition) is 2. The number of amides is 1. The summed E-state index contributed by atoms with van der Waals surface area (Å²) < 4.78 is 32.6. The SMILES string of the molecule is Cc1ccc(S(=O)(=O)Nc2cc(NC(=O)c3cnoc3C)ccc2Cl)c(Cl)c1. The highest BCUT2D eigenvalue weighted by atomic mass is 35.5. The zero-order chi connectivity index (χ0) is 20.5. The molecule has 0 unspecified atom stereocenters. The van der Waals surface area contributed by atoms with Gasteiger partial charge in [0.25, 0.3) is 15.9 Å². The monoisotopic (exact) mass is 439 g/mol. The van der Waals surface area contributed by atoms with Gasteiger partial charge in [0.1, 0.15) is 16.2 Å². The number of carbonyl (C=O) groups excluding carboxylic acids is 1. The largest absolute Gasteiger partial charge is 0.361 e. The quantitative estimate of drug-likeness (QED) is 0.602. The van der Waals surface area contributed by atoms with Gasteiger partial charge in [-0.2, -0.15) is 0 Å². The number of nitrogens with one attached hydrogen (secondary N) is 2. The van der Waals surface area contributed by atoms with Gasteiger partial charge in [0.2, 0.25) is 0 Å². The number of carbonyl (C=O) groups is 1. The molecule has 0 radical (unpaired) electrons. The Morgan fingerprint density at radius 2 is 1.82 bits per heavy atom. The van der Waals surface area contributed by atoms with E-state index in [1.807, 2.05) is 0 Å². The van der Waals surface area contributed by atoms with Crippen LogP contribution in [0.3, 0.4) is 0 Å². The van der Waals surface area contributed by atoms with Crippen LogP contribution in [-0.2, 0) is 10.0 Å². The van der Waals surface area contributed by atoms with Gasteiger partial charge in [0.05, 0.1) is 21.9 Å². The normalized spacial score (nSPS) is 11.3. The fourth-order valence-electron chi connectivity index (χ4n) is 2.42. The minimum Gasteiger partial charge on any atom is -0.361 e. The summed E-state index contributed by atoms with van der Waals surface area (Å²) in [5.74, 6) is -0.0853. The van der Waals surface area contributed by atoms with E-state index in [0.717, 1.165) is 5.56 Å². The lowest BCUT2D eigenvalue weighted by atomic mass is 10.2. The van der Waals surface area contributed by atoms with Crippen LogP contribution >= 0.6 is 23.2 Å². The van der Waals surface area contributed by atoms with E-state index in [-0.39, 0.29) is 26.2 Å². The van der Waals surface area contributed by atoms with Crippen LogP contribution in [0.5, 0.6) is 0 Å². The zero-order valence-corrected chi connectivity index (χ0v) is 17.1. The van der Waals surface area contributed by atoms with Crippen molar-refractivity contribution in [3.63, 3.8) is 0 Å². The van der Waals surface area contributed by atoms with Crippen LogP contribution in [0, 0.1) is 13.8 Å². The Bertz CT molecular complexity index is 1160. The highest BCUT2D eigenvalue weighted by molar-refractivity contribution is 7.92. The summed E-state index contributed by atoms with van der Waals surface area (Å²) in [5, 5.41) is 6.44. The Labute approximate surface area is 171 Å². The molecule has 10 heteroatoms. The van der Waals surface area contributed by atoms with E-state index in [1.54, 1.807) is 32.0 Å². The molecular formula is C18H15Cl2N3O4S. The maximum atomic E-state index is 12.7. The van der Waals surface area contributed by atoms with Gasteiger partial charge >= 0.3 is 0 Å². The predicted octanol–water partition coefficient (Wildman–Crippen LogP) is 4.65. The zero-order valence-electron chi connectivity index (χ0n) is 14.8. The number of hydrogen-bond acceptors (Lipinski definition) is 5. The summed E-state index contributed by atoms with van der Waals surface area (Å²) in [5.41, 5.74) is 1.53. The van der Waals surface area contributed by atoms with Crippen molar-refractivity contribution in [3.8, 4) is 0 Å². The number of halogens is 2. The first-order valence-corrected chi connectivity index (χ1v) is 10.2. The lowest BCUT2D eigenvalue weighted by Gasteiger charge is -2.13. The highest BCUT2D eigenvalue weighted by Crippen LogP contribution is 2.30. The van der Waals surface area contributed by atoms with Crippen LogP contribution < -0.4 is 10.0 Å². The molecule has 146 valence electrons. The van der Waals surface area contributed by atoms with Gasteiger partial charge in [-0.15, -0.1) is 0 Å². The lowest BCUT2D eigenvalue weighted by molar-refractivity contribution is 0.102. The molecule has 0 aliphatic heterocycles. The molecule has 3 aromatic rings. The van der Waals surface area contributed by atoms with Crippen LogP contribution in [0.25, 0.3) is 0 Å². The third-order valence-electron chi connectivity index (χ3n) is 3.84. The first kappa shape index (κ1) is 20.2. The summed E-state index contributed by atoms with van der Waals surface area (Å²) >= 11 is 12.2. The minimum atomic E-state index is -3.98. The van der Waals surface area contributed by atoms with E-state index in [4.69, 9.17) is 27.7 Å². The van der Waals surface area contributed by atoms with Crippen LogP contribution in [0.15, 0.2) is 52.0 Å². The van der Waals surface area contributed by atoms with Gasteiger partial charge < -0.3 is 9.84 Å². The van der Waals surface area contributed by atoms with Crippen molar-refractivity contribution in [3.05, 3.63) is 69.5 Å². The molecule has 0 bridgehead atoms. The predicted molar refractivity (Wildman–Crippen MR) is 108 cm³/mol. The minimum absolute atomic E-state index is 0.0784. The maximum absolute atomic E-state index is 12.7. The van der Waals surface area contributed by atoms with E-state index >= 15 is 0 Å². The molecule has 1 aromatic heterocycles. The van der Waals surface area contributed by atoms with Crippen molar-refractivity contribution >= 4 is 50.5 Å². The van der Waals surface area contributed by atoms with Crippen LogP contribution in [0.4, 0.5) is 11.4 Å². The topological polar surface area (TPSA) is 101 Å². The van der Waals surface area contributed by atoms with E-state index in [1.165, 1.54) is 24.4 Å². The van der Waals surface area contributed by atoms with Crippen molar-refractivity contribution in [1.29, 1.82) is 0 Å². The van der Waals surface area contributed by atoms with Crippen LogP contribution in [0.1, 0.15) is 21.7 Å². The number of sulfonamides is 1. The van der Waals surface area contributed by atoms with Gasteiger partial charge in [-0.1, -0.05) is 34.4 Å². The van der Waals surface area contributed by atoms with E-state index in [0.29, 0.717) is 11.4 Å². The van der Waals surface area contributed by atoms with E-state index < -0.39 is 15.9 Å². The number of nitrogens with zero attached hydrogens (tertiary/aromatic N) is 1. The van der Waals surface area contributed by atoms with E-state index in [2.05, 4.69) is 15.2 Å². The number of benzene rings is 2. The molecular weight excluding hydrogens is 425 g/mol. The van der Waals surface area contributed by atoms with Crippen molar-refractivity contribution in [2.45, 2.75) is 18.7 Å². The first-order chi connectivity index (χ1) is 13.2. The summed E-state index contributed by atoms with van der Waals surface area (Å²) in [6.45, 7) is 3.41. The van der Waals surface area contributed by atoms with Gasteiger partial charge in [0.15, 0.2) is 0 Å². The molecule has 0 saturated carbocycles. The number of anilines is 2. The van der Waals surface area contributed by atoms with Crippen LogP contribution in [-0.4, -0.2) is 19.5 Å². The van der Waals surface area contributed by atoms with Crippen LogP contribution in [0.2, 0.25) is 10.0 Å². The highest BCUT2D eigenvalue weighted by Gasteiger charge is 2.20. The molecule has 28 heavy (non-hydrogen) atoms. The summed E-state index contributed by atoms with van der Waals surface area (Å²) in [6.07, 6.45) is 1.30. The number of rotatable bonds is 5. The Hall–Kier alpha value is -2.55. The summed E-state index contributed by atoms with van der Waals surface area (Å²) in [4.78, 5) is 12.2. The molecule has 7 nitrogen and oxygen atoms in total. The second kappa shape index (κ2) is 7.83. The Kier molecular flexibility index (Phi) is 5.64. The average molecular weight is 440 g/mol. The van der Waals surface area contributed by atoms with Crippen molar-refractivity contribution in [2.24, 2.45) is 0 Å². The molecule has 3 rings (SSSR count).